The van der Waals surface area contributed by atoms with Crippen LogP contribution in [-0.4, -0.2) is 51.2 Å². The molecule has 1 N–H and O–H groups in total. The molecule has 24 heavy (non-hydrogen) atoms. The summed E-state index contributed by atoms with van der Waals surface area (Å²) in [6.45, 7) is 6.36. The van der Waals surface area contributed by atoms with Crippen molar-refractivity contribution in [1.82, 2.24) is 9.62 Å². The van der Waals surface area contributed by atoms with Crippen LogP contribution in [0.1, 0.15) is 20.3 Å². The van der Waals surface area contributed by atoms with E-state index in [-0.39, 0.29) is 28.1 Å². The first-order chi connectivity index (χ1) is 11.3. The lowest BCUT2D eigenvalue weighted by molar-refractivity contribution is -0.0683. The average molecular weight is 377 g/mol. The van der Waals surface area contributed by atoms with Gasteiger partial charge < -0.3 is 4.74 Å². The molecule has 0 unspecified atom stereocenters. The third kappa shape index (κ3) is 3.75. The molecule has 0 aliphatic carbocycles. The van der Waals surface area contributed by atoms with Gasteiger partial charge in [0.25, 0.3) is 0 Å². The van der Waals surface area contributed by atoms with Crippen molar-refractivity contribution >= 4 is 21.6 Å². The smallest absolute Gasteiger partial charge is 0.240 e. The molecule has 134 valence electrons. The zero-order valence-corrected chi connectivity index (χ0v) is 15.3. The van der Waals surface area contributed by atoms with E-state index >= 15 is 0 Å². The van der Waals surface area contributed by atoms with Crippen molar-refractivity contribution in [2.45, 2.75) is 43.4 Å². The molecule has 8 heteroatoms. The van der Waals surface area contributed by atoms with E-state index in [1.165, 1.54) is 6.07 Å². The highest BCUT2D eigenvalue weighted by molar-refractivity contribution is 7.89. The highest BCUT2D eigenvalue weighted by Gasteiger charge is 2.39. The highest BCUT2D eigenvalue weighted by atomic mass is 35.5. The predicted molar refractivity (Wildman–Crippen MR) is 90.1 cm³/mol. The Labute approximate surface area is 147 Å². The van der Waals surface area contributed by atoms with Crippen LogP contribution in [0.5, 0.6) is 0 Å². The Hall–Kier alpha value is -0.730. The van der Waals surface area contributed by atoms with Crippen molar-refractivity contribution in [3.05, 3.63) is 29.0 Å². The molecule has 3 rings (SSSR count). The monoisotopic (exact) mass is 376 g/mol. The minimum atomic E-state index is -3.72. The van der Waals surface area contributed by atoms with Gasteiger partial charge in [0, 0.05) is 25.2 Å². The Morgan fingerprint density at radius 1 is 1.38 bits per heavy atom. The van der Waals surface area contributed by atoms with Crippen LogP contribution < -0.4 is 4.72 Å². The summed E-state index contributed by atoms with van der Waals surface area (Å²) in [7, 11) is -3.72. The molecular formula is C16H22ClFN2O3S. The summed E-state index contributed by atoms with van der Waals surface area (Å²) in [4.78, 5) is 2.27. The largest absolute Gasteiger partial charge is 0.375 e. The average Bonchev–Trinajstić information content (AvgIpc) is 2.90. The molecule has 2 heterocycles. The first-order valence-electron chi connectivity index (χ1n) is 8.09. The van der Waals surface area contributed by atoms with E-state index in [1.807, 2.05) is 0 Å². The van der Waals surface area contributed by atoms with Gasteiger partial charge in [0.05, 0.1) is 22.6 Å². The summed E-state index contributed by atoms with van der Waals surface area (Å²) in [5.74, 6) is -0.200. The number of sulfonamides is 1. The van der Waals surface area contributed by atoms with Gasteiger partial charge in [-0.2, -0.15) is 0 Å². The molecule has 5 nitrogen and oxygen atoms in total. The van der Waals surface area contributed by atoms with Crippen molar-refractivity contribution in [2.24, 2.45) is 5.92 Å². The van der Waals surface area contributed by atoms with E-state index < -0.39 is 15.8 Å². The van der Waals surface area contributed by atoms with Crippen LogP contribution in [0.2, 0.25) is 5.02 Å². The maximum atomic E-state index is 13.2. The molecular weight excluding hydrogens is 355 g/mol. The van der Waals surface area contributed by atoms with Gasteiger partial charge in [-0.1, -0.05) is 25.4 Å². The second-order valence-electron chi connectivity index (χ2n) is 6.85. The first kappa shape index (κ1) is 18.1. The maximum absolute atomic E-state index is 13.2. The normalized spacial score (nSPS) is 28.3. The van der Waals surface area contributed by atoms with E-state index in [0.717, 1.165) is 18.7 Å². The number of nitrogens with zero attached hydrogens (tertiary/aromatic N) is 1. The van der Waals surface area contributed by atoms with Crippen molar-refractivity contribution in [1.29, 1.82) is 0 Å². The van der Waals surface area contributed by atoms with E-state index in [4.69, 9.17) is 16.3 Å². The molecule has 2 aliphatic rings. The second-order valence-corrected chi connectivity index (χ2v) is 8.97. The van der Waals surface area contributed by atoms with Crippen LogP contribution in [0.15, 0.2) is 23.1 Å². The third-order valence-corrected chi connectivity index (χ3v) is 6.52. The first-order valence-corrected chi connectivity index (χ1v) is 9.95. The number of fused-ring (bicyclic) bond motifs is 1. The van der Waals surface area contributed by atoms with Crippen LogP contribution in [-0.2, 0) is 14.8 Å². The molecule has 3 atom stereocenters. The molecule has 1 aromatic rings. The van der Waals surface area contributed by atoms with Crippen molar-refractivity contribution in [2.75, 3.05) is 19.7 Å². The summed E-state index contributed by atoms with van der Waals surface area (Å²) in [5.41, 5.74) is 0. The van der Waals surface area contributed by atoms with Gasteiger partial charge in [0.15, 0.2) is 0 Å². The van der Waals surface area contributed by atoms with E-state index in [2.05, 4.69) is 23.5 Å². The number of hydrogen-bond acceptors (Lipinski definition) is 4. The fourth-order valence-electron chi connectivity index (χ4n) is 3.32. The molecule has 0 bridgehead atoms. The number of ether oxygens (including phenoxy) is 1. The maximum Gasteiger partial charge on any atom is 0.240 e. The van der Waals surface area contributed by atoms with E-state index in [0.29, 0.717) is 25.5 Å². The Balaban J connectivity index is 1.67. The van der Waals surface area contributed by atoms with Gasteiger partial charge in [-0.05, 0) is 30.5 Å². The molecule has 2 aliphatic heterocycles. The van der Waals surface area contributed by atoms with Crippen molar-refractivity contribution < 1.29 is 17.5 Å². The van der Waals surface area contributed by atoms with Crippen LogP contribution >= 0.6 is 11.6 Å². The van der Waals surface area contributed by atoms with Crippen molar-refractivity contribution in [3.63, 3.8) is 0 Å². The van der Waals surface area contributed by atoms with Crippen molar-refractivity contribution in [3.8, 4) is 0 Å². The lowest BCUT2D eigenvalue weighted by Gasteiger charge is -2.36. The van der Waals surface area contributed by atoms with Gasteiger partial charge in [-0.3, -0.25) is 4.90 Å². The van der Waals surface area contributed by atoms with Gasteiger partial charge >= 0.3 is 0 Å². The molecule has 0 amide bonds. The van der Waals surface area contributed by atoms with E-state index in [9.17, 15) is 12.8 Å². The number of halogens is 2. The zero-order chi connectivity index (χ0) is 17.5. The molecule has 0 radical (unpaired) electrons. The summed E-state index contributed by atoms with van der Waals surface area (Å²) >= 11 is 5.69. The Kier molecular flexibility index (Phi) is 5.18. The molecule has 1 aromatic carbocycles. The topological polar surface area (TPSA) is 58.6 Å². The number of hydrogen-bond donors (Lipinski definition) is 1. The number of benzene rings is 1. The lowest BCUT2D eigenvalue weighted by Crippen LogP contribution is -2.48. The summed E-state index contributed by atoms with van der Waals surface area (Å²) in [6, 6.07) is 3.49. The standard InChI is InChI=1S/C16H22ClFN2O3S/c1-10(2)16-8-20-7-11(5-12(20)9-23-16)19-24(21,22)13-3-4-15(18)14(17)6-13/h3-4,6,10-12,16,19H,5,7-9H2,1-2H3/t11-,12+,16-/m1/s1. The number of rotatable bonds is 4. The summed E-state index contributed by atoms with van der Waals surface area (Å²) in [6.07, 6.45) is 0.895. The summed E-state index contributed by atoms with van der Waals surface area (Å²) < 4.78 is 46.8. The zero-order valence-electron chi connectivity index (χ0n) is 13.7. The Bertz CT molecular complexity index is 713. The molecule has 2 fully saturated rings. The number of morpholine rings is 1. The van der Waals surface area contributed by atoms with Crippen LogP contribution in [0.4, 0.5) is 4.39 Å². The SMILES string of the molecule is CC(C)[C@H]1CN2C[C@H](NS(=O)(=O)c3ccc(F)c(Cl)c3)C[C@H]2CO1. The Morgan fingerprint density at radius 3 is 2.79 bits per heavy atom. The van der Waals surface area contributed by atoms with E-state index in [1.54, 1.807) is 0 Å². The molecule has 0 spiro atoms. The third-order valence-electron chi connectivity index (χ3n) is 4.71. The fourth-order valence-corrected chi connectivity index (χ4v) is 4.83. The van der Waals surface area contributed by atoms with Gasteiger partial charge in [0.1, 0.15) is 5.82 Å². The lowest BCUT2D eigenvalue weighted by atomic mass is 10.0. The molecule has 0 aromatic heterocycles. The minimum Gasteiger partial charge on any atom is -0.375 e. The van der Waals surface area contributed by atoms with Crippen LogP contribution in [0.3, 0.4) is 0 Å². The fraction of sp³-hybridized carbons (Fsp3) is 0.625. The second kappa shape index (κ2) is 6.88. The quantitative estimate of drug-likeness (QED) is 0.875. The highest BCUT2D eigenvalue weighted by Crippen LogP contribution is 2.27. The predicted octanol–water partition coefficient (Wildman–Crippen LogP) is 2.26. The summed E-state index contributed by atoms with van der Waals surface area (Å²) in [5, 5.41) is -0.199. The number of nitrogens with one attached hydrogen (secondary N) is 1. The molecule has 0 saturated carbocycles. The minimum absolute atomic E-state index is 0.0184. The van der Waals surface area contributed by atoms with Gasteiger partial charge in [-0.25, -0.2) is 17.5 Å². The van der Waals surface area contributed by atoms with Gasteiger partial charge in [0.2, 0.25) is 10.0 Å². The van der Waals surface area contributed by atoms with Gasteiger partial charge in [-0.15, -0.1) is 0 Å². The Morgan fingerprint density at radius 2 is 2.12 bits per heavy atom. The molecule has 2 saturated heterocycles. The van der Waals surface area contributed by atoms with Crippen LogP contribution in [0.25, 0.3) is 0 Å². The van der Waals surface area contributed by atoms with Crippen LogP contribution in [0, 0.1) is 11.7 Å².